The van der Waals surface area contributed by atoms with Crippen molar-refractivity contribution in [1.29, 1.82) is 0 Å². The highest BCUT2D eigenvalue weighted by atomic mass is 19.1. The summed E-state index contributed by atoms with van der Waals surface area (Å²) in [5.74, 6) is -1.42. The Hall–Kier alpha value is -3.29. The Morgan fingerprint density at radius 1 is 0.929 bits per heavy atom. The number of nitro benzene ring substituents is 1. The quantitative estimate of drug-likeness (QED) is 0.583. The molecule has 0 spiro atoms. The summed E-state index contributed by atoms with van der Waals surface area (Å²) in [6, 6.07) is 11.2. The summed E-state index contributed by atoms with van der Waals surface area (Å²) in [4.78, 5) is 39.0. The second-order valence-corrected chi connectivity index (χ2v) is 6.82. The zero-order valence-electron chi connectivity index (χ0n) is 15.5. The Morgan fingerprint density at radius 2 is 1.50 bits per heavy atom. The number of carbonyl (C=O) groups excluding carboxylic acids is 2. The number of halogens is 1. The molecule has 1 aliphatic heterocycles. The highest BCUT2D eigenvalue weighted by Gasteiger charge is 2.43. The van der Waals surface area contributed by atoms with Crippen LogP contribution in [0.25, 0.3) is 0 Å². The third kappa shape index (κ3) is 3.58. The maximum Gasteiger partial charge on any atom is 0.275 e. The van der Waals surface area contributed by atoms with Gasteiger partial charge in [-0.2, -0.15) is 0 Å². The molecule has 28 heavy (non-hydrogen) atoms. The van der Waals surface area contributed by atoms with E-state index in [2.05, 4.69) is 0 Å². The molecule has 7 nitrogen and oxygen atoms in total. The van der Waals surface area contributed by atoms with Gasteiger partial charge in [0.05, 0.1) is 10.5 Å². The van der Waals surface area contributed by atoms with E-state index in [1.54, 1.807) is 0 Å². The van der Waals surface area contributed by atoms with Gasteiger partial charge in [-0.25, -0.2) is 4.39 Å². The van der Waals surface area contributed by atoms with Crippen molar-refractivity contribution in [3.05, 3.63) is 75.6 Å². The maximum atomic E-state index is 14.2. The predicted molar refractivity (Wildman–Crippen MR) is 100 cm³/mol. The van der Waals surface area contributed by atoms with Crippen LogP contribution in [0, 0.1) is 15.9 Å². The minimum atomic E-state index is -1.000. The van der Waals surface area contributed by atoms with Crippen LogP contribution in [0.1, 0.15) is 11.1 Å². The van der Waals surface area contributed by atoms with Crippen LogP contribution in [0.5, 0.6) is 0 Å². The average molecular weight is 385 g/mol. The fraction of sp³-hybridized carbons (Fsp3) is 0.300. The van der Waals surface area contributed by atoms with Crippen LogP contribution >= 0.6 is 0 Å². The Balaban J connectivity index is 1.87. The lowest BCUT2D eigenvalue weighted by Crippen LogP contribution is -2.63. The molecule has 2 amide bonds. The number of piperazine rings is 1. The molecule has 2 unspecified atom stereocenters. The lowest BCUT2D eigenvalue weighted by Gasteiger charge is -2.42. The molecular formula is C20H20FN3O4. The summed E-state index contributed by atoms with van der Waals surface area (Å²) in [5, 5.41) is 11.2. The van der Waals surface area contributed by atoms with Crippen molar-refractivity contribution in [2.45, 2.75) is 24.9 Å². The number of nitro groups is 1. The maximum absolute atomic E-state index is 14.2. The monoisotopic (exact) mass is 385 g/mol. The third-order valence-corrected chi connectivity index (χ3v) is 5.16. The number of amides is 2. The number of likely N-dealkylation sites (N-methyl/N-ethyl adjacent to an activating group) is 2. The number of carbonyl (C=O) groups is 2. The fourth-order valence-electron chi connectivity index (χ4n) is 3.51. The first kappa shape index (κ1) is 19.5. The van der Waals surface area contributed by atoms with E-state index in [4.69, 9.17) is 0 Å². The first-order valence-corrected chi connectivity index (χ1v) is 8.80. The molecule has 1 fully saturated rings. The second-order valence-electron chi connectivity index (χ2n) is 6.82. The Labute approximate surface area is 161 Å². The van der Waals surface area contributed by atoms with E-state index < -0.39 is 28.5 Å². The predicted octanol–water partition coefficient (Wildman–Crippen LogP) is 2.19. The first-order chi connectivity index (χ1) is 13.3. The number of benzene rings is 2. The molecule has 2 aromatic carbocycles. The zero-order chi connectivity index (χ0) is 20.4. The summed E-state index contributed by atoms with van der Waals surface area (Å²) in [6.07, 6.45) is 0.102. The van der Waals surface area contributed by atoms with Crippen LogP contribution in [-0.4, -0.2) is 52.7 Å². The largest absolute Gasteiger partial charge is 0.332 e. The van der Waals surface area contributed by atoms with Gasteiger partial charge in [0.15, 0.2) is 0 Å². The number of hydrogen-bond donors (Lipinski definition) is 0. The molecule has 1 saturated heterocycles. The van der Waals surface area contributed by atoms with E-state index in [1.807, 2.05) is 30.3 Å². The van der Waals surface area contributed by atoms with E-state index >= 15 is 0 Å². The van der Waals surface area contributed by atoms with Crippen molar-refractivity contribution < 1.29 is 18.9 Å². The van der Waals surface area contributed by atoms with Crippen LogP contribution in [0.4, 0.5) is 10.1 Å². The van der Waals surface area contributed by atoms with E-state index in [0.29, 0.717) is 6.42 Å². The van der Waals surface area contributed by atoms with Crippen molar-refractivity contribution >= 4 is 17.5 Å². The summed E-state index contributed by atoms with van der Waals surface area (Å²) in [6.45, 7) is 0. The fourth-order valence-corrected chi connectivity index (χ4v) is 3.51. The summed E-state index contributed by atoms with van der Waals surface area (Å²) in [7, 11) is 3.01. The Bertz CT molecular complexity index is 919. The SMILES string of the molecule is CN1C(=O)C(Cc2c(F)cccc2[N+](=O)[O-])N(C)C(=O)C1Cc1ccccc1. The van der Waals surface area contributed by atoms with Crippen molar-refractivity contribution in [2.24, 2.45) is 0 Å². The summed E-state index contributed by atoms with van der Waals surface area (Å²) < 4.78 is 14.2. The Kier molecular flexibility index (Phi) is 5.39. The van der Waals surface area contributed by atoms with Gasteiger partial charge in [-0.15, -0.1) is 0 Å². The van der Waals surface area contributed by atoms with Crippen molar-refractivity contribution in [1.82, 2.24) is 9.80 Å². The summed E-state index contributed by atoms with van der Waals surface area (Å²) >= 11 is 0. The lowest BCUT2D eigenvalue weighted by atomic mass is 9.95. The van der Waals surface area contributed by atoms with E-state index in [-0.39, 0.29) is 23.8 Å². The van der Waals surface area contributed by atoms with Crippen molar-refractivity contribution in [2.75, 3.05) is 14.1 Å². The molecule has 2 atom stereocenters. The van der Waals surface area contributed by atoms with Crippen LogP contribution in [0.2, 0.25) is 0 Å². The molecule has 2 aromatic rings. The van der Waals surface area contributed by atoms with Gasteiger partial charge in [0.2, 0.25) is 11.8 Å². The second kappa shape index (κ2) is 7.75. The minimum Gasteiger partial charge on any atom is -0.332 e. The standard InChI is InChI=1S/C20H20FN3O4/c1-22-17(11-13-7-4-3-5-8-13)19(25)23(2)18(20(22)26)12-14-15(21)9-6-10-16(14)24(27)28/h3-10,17-18H,11-12H2,1-2H3. The molecule has 3 rings (SSSR count). The van der Waals surface area contributed by atoms with Crippen LogP contribution in [-0.2, 0) is 22.4 Å². The molecule has 0 aliphatic carbocycles. The van der Waals surface area contributed by atoms with Gasteiger partial charge in [0.1, 0.15) is 17.9 Å². The van der Waals surface area contributed by atoms with Crippen molar-refractivity contribution in [3.63, 3.8) is 0 Å². The lowest BCUT2D eigenvalue weighted by molar-refractivity contribution is -0.385. The molecular weight excluding hydrogens is 365 g/mol. The Morgan fingerprint density at radius 3 is 2.07 bits per heavy atom. The van der Waals surface area contributed by atoms with Gasteiger partial charge in [-0.3, -0.25) is 19.7 Å². The molecule has 0 bridgehead atoms. The summed E-state index contributed by atoms with van der Waals surface area (Å²) in [5.41, 5.74) is 0.334. The van der Waals surface area contributed by atoms with Crippen LogP contribution in [0.3, 0.4) is 0 Å². The number of nitrogens with zero attached hydrogens (tertiary/aromatic N) is 3. The van der Waals surface area contributed by atoms with Gasteiger partial charge < -0.3 is 9.80 Å². The first-order valence-electron chi connectivity index (χ1n) is 8.80. The van der Waals surface area contributed by atoms with E-state index in [1.165, 1.54) is 36.0 Å². The van der Waals surface area contributed by atoms with Crippen LogP contribution in [0.15, 0.2) is 48.5 Å². The van der Waals surface area contributed by atoms with Gasteiger partial charge in [0.25, 0.3) is 5.69 Å². The highest BCUT2D eigenvalue weighted by Crippen LogP contribution is 2.27. The molecule has 0 radical (unpaired) electrons. The highest BCUT2D eigenvalue weighted by molar-refractivity contribution is 5.97. The molecule has 0 aromatic heterocycles. The molecule has 1 aliphatic rings. The van der Waals surface area contributed by atoms with Crippen molar-refractivity contribution in [3.8, 4) is 0 Å². The smallest absolute Gasteiger partial charge is 0.275 e. The molecule has 8 heteroatoms. The van der Waals surface area contributed by atoms with E-state index in [9.17, 15) is 24.1 Å². The van der Waals surface area contributed by atoms with Gasteiger partial charge in [-0.1, -0.05) is 36.4 Å². The molecule has 1 heterocycles. The van der Waals surface area contributed by atoms with E-state index in [0.717, 1.165) is 11.6 Å². The topological polar surface area (TPSA) is 83.8 Å². The third-order valence-electron chi connectivity index (χ3n) is 5.16. The minimum absolute atomic E-state index is 0.180. The van der Waals surface area contributed by atoms with Gasteiger partial charge in [-0.05, 0) is 11.6 Å². The zero-order valence-corrected chi connectivity index (χ0v) is 15.5. The van der Waals surface area contributed by atoms with Gasteiger partial charge >= 0.3 is 0 Å². The van der Waals surface area contributed by atoms with Gasteiger partial charge in [0, 0.05) is 33.0 Å². The number of rotatable bonds is 5. The molecule has 0 N–H and O–H groups in total. The normalized spacial score (nSPS) is 19.8. The van der Waals surface area contributed by atoms with Crippen LogP contribution < -0.4 is 0 Å². The number of hydrogen-bond acceptors (Lipinski definition) is 4. The average Bonchev–Trinajstić information content (AvgIpc) is 2.68. The molecule has 0 saturated carbocycles. The molecule has 146 valence electrons.